The third kappa shape index (κ3) is 6.32. The maximum absolute atomic E-state index is 13.6. The second-order valence-corrected chi connectivity index (χ2v) is 10.5. The highest BCUT2D eigenvalue weighted by atomic mass is 32.2. The Balaban J connectivity index is 1.65. The molecule has 194 valence electrons. The summed E-state index contributed by atoms with van der Waals surface area (Å²) in [6, 6.07) is 15.4. The molecule has 2 heterocycles. The molecule has 8 heteroatoms. The lowest BCUT2D eigenvalue weighted by Crippen LogP contribution is -2.39. The van der Waals surface area contributed by atoms with Gasteiger partial charge in [0.25, 0.3) is 0 Å². The predicted molar refractivity (Wildman–Crippen MR) is 149 cm³/mol. The number of fused-ring (bicyclic) bond motifs is 1. The second kappa shape index (κ2) is 11.8. The Bertz CT molecular complexity index is 1270. The molecule has 0 spiro atoms. The van der Waals surface area contributed by atoms with Crippen molar-refractivity contribution in [3.8, 4) is 0 Å². The number of hydrogen-bond donors (Lipinski definition) is 1. The summed E-state index contributed by atoms with van der Waals surface area (Å²) >= 11 is 1.48. The standard InChI is InChI=1S/C29H34N4O3S/c1-19-11-12-20(2)24(15-19)27-26(28(35)36-17-22-9-7-6-8-10-22)21(3)31-29-33(27)23(18-37-29)16-25(34)30-13-14-32(4)5/h6-12,15,18,27H,13-14,16-17H2,1-5H3,(H,30,34)/t27-/m1/s1. The number of nitrogens with one attached hydrogen (secondary N) is 1. The van der Waals surface area contributed by atoms with Gasteiger partial charge in [-0.3, -0.25) is 4.79 Å². The molecule has 2 aliphatic heterocycles. The predicted octanol–water partition coefficient (Wildman–Crippen LogP) is 4.69. The fraction of sp³-hybridized carbons (Fsp3) is 0.345. The molecule has 0 fully saturated rings. The van der Waals surface area contributed by atoms with Crippen LogP contribution in [0.1, 0.15) is 41.6 Å². The second-order valence-electron chi connectivity index (χ2n) is 9.64. The summed E-state index contributed by atoms with van der Waals surface area (Å²) in [6.45, 7) is 7.46. The molecule has 37 heavy (non-hydrogen) atoms. The Hall–Kier alpha value is -3.36. The smallest absolute Gasteiger partial charge is 0.338 e. The Morgan fingerprint density at radius 3 is 2.59 bits per heavy atom. The van der Waals surface area contributed by atoms with Gasteiger partial charge >= 0.3 is 5.97 Å². The van der Waals surface area contributed by atoms with Gasteiger partial charge in [-0.2, -0.15) is 0 Å². The molecular formula is C29H34N4O3S. The van der Waals surface area contributed by atoms with Gasteiger partial charge in [0, 0.05) is 18.8 Å². The lowest BCUT2D eigenvalue weighted by atomic mass is 9.90. The Morgan fingerprint density at radius 1 is 1.11 bits per heavy atom. The number of allylic oxidation sites excluding steroid dienone is 1. The zero-order valence-electron chi connectivity index (χ0n) is 22.1. The molecule has 4 rings (SSSR count). The summed E-state index contributed by atoms with van der Waals surface area (Å²) in [6.07, 6.45) is 0.201. The van der Waals surface area contributed by atoms with E-state index in [1.54, 1.807) is 0 Å². The third-order valence-corrected chi connectivity index (χ3v) is 7.27. The summed E-state index contributed by atoms with van der Waals surface area (Å²) in [5.41, 5.74) is 6.02. The molecule has 0 saturated carbocycles. The number of aliphatic imine (C=N–C) groups is 1. The SMILES string of the molecule is CC1=C(C(=O)OCc2ccccc2)[C@@H](c2cc(C)ccc2C)N2C(CC(=O)NCCN(C)C)=CSC2=N1. The third-order valence-electron chi connectivity index (χ3n) is 6.39. The Morgan fingerprint density at radius 2 is 1.86 bits per heavy atom. The van der Waals surface area contributed by atoms with E-state index in [0.29, 0.717) is 17.8 Å². The number of nitrogens with zero attached hydrogens (tertiary/aromatic N) is 3. The number of rotatable bonds is 9. The van der Waals surface area contributed by atoms with Crippen LogP contribution in [0, 0.1) is 13.8 Å². The Labute approximate surface area is 223 Å². The van der Waals surface area contributed by atoms with Crippen LogP contribution in [0.5, 0.6) is 0 Å². The van der Waals surface area contributed by atoms with Crippen molar-refractivity contribution in [1.29, 1.82) is 0 Å². The summed E-state index contributed by atoms with van der Waals surface area (Å²) in [5.74, 6) is -0.462. The van der Waals surface area contributed by atoms with E-state index in [4.69, 9.17) is 9.73 Å². The fourth-order valence-corrected chi connectivity index (χ4v) is 5.39. The molecule has 2 aromatic carbocycles. The van der Waals surface area contributed by atoms with Crippen molar-refractivity contribution in [3.63, 3.8) is 0 Å². The van der Waals surface area contributed by atoms with Gasteiger partial charge in [-0.05, 0) is 57.0 Å². The maximum Gasteiger partial charge on any atom is 0.338 e. The molecule has 0 saturated heterocycles. The number of aryl methyl sites for hydroxylation is 2. The summed E-state index contributed by atoms with van der Waals surface area (Å²) < 4.78 is 5.80. The molecule has 1 atom stereocenters. The zero-order chi connectivity index (χ0) is 26.5. The molecule has 0 bridgehead atoms. The van der Waals surface area contributed by atoms with Crippen molar-refractivity contribution in [3.05, 3.63) is 93.2 Å². The first kappa shape index (κ1) is 26.7. The first-order valence-electron chi connectivity index (χ1n) is 12.4. The van der Waals surface area contributed by atoms with Gasteiger partial charge in [0.15, 0.2) is 5.17 Å². The topological polar surface area (TPSA) is 74.2 Å². The number of benzene rings is 2. The van der Waals surface area contributed by atoms with Crippen LogP contribution in [0.25, 0.3) is 0 Å². The van der Waals surface area contributed by atoms with Crippen molar-refractivity contribution in [1.82, 2.24) is 15.1 Å². The Kier molecular flexibility index (Phi) is 8.51. The lowest BCUT2D eigenvalue weighted by molar-refractivity contribution is -0.141. The molecule has 0 unspecified atom stereocenters. The van der Waals surface area contributed by atoms with Crippen LogP contribution in [0.4, 0.5) is 0 Å². The van der Waals surface area contributed by atoms with Gasteiger partial charge < -0.3 is 19.9 Å². The molecule has 2 aromatic rings. The van der Waals surface area contributed by atoms with Crippen LogP contribution in [-0.4, -0.2) is 54.0 Å². The largest absolute Gasteiger partial charge is 0.457 e. The molecule has 7 nitrogen and oxygen atoms in total. The van der Waals surface area contributed by atoms with Crippen LogP contribution in [0.15, 0.2) is 75.9 Å². The molecule has 2 aliphatic rings. The maximum atomic E-state index is 13.6. The number of esters is 1. The number of ether oxygens (including phenoxy) is 1. The van der Waals surface area contributed by atoms with E-state index in [0.717, 1.165) is 39.7 Å². The number of thioether (sulfide) groups is 1. The highest BCUT2D eigenvalue weighted by Crippen LogP contribution is 2.45. The molecule has 0 radical (unpaired) electrons. The van der Waals surface area contributed by atoms with Crippen molar-refractivity contribution in [2.75, 3.05) is 27.2 Å². The van der Waals surface area contributed by atoms with Gasteiger partial charge in [-0.25, -0.2) is 9.79 Å². The van der Waals surface area contributed by atoms with E-state index in [-0.39, 0.29) is 18.9 Å². The number of carbonyl (C=O) groups excluding carboxylic acids is 2. The van der Waals surface area contributed by atoms with Gasteiger partial charge in [-0.15, -0.1) is 0 Å². The van der Waals surface area contributed by atoms with E-state index in [1.807, 2.05) is 80.4 Å². The van der Waals surface area contributed by atoms with Crippen LogP contribution < -0.4 is 5.32 Å². The summed E-state index contributed by atoms with van der Waals surface area (Å²) in [7, 11) is 3.95. The average Bonchev–Trinajstić information content (AvgIpc) is 3.25. The monoisotopic (exact) mass is 518 g/mol. The van der Waals surface area contributed by atoms with Gasteiger partial charge in [0.1, 0.15) is 6.61 Å². The van der Waals surface area contributed by atoms with Crippen molar-refractivity contribution < 1.29 is 14.3 Å². The van der Waals surface area contributed by atoms with Gasteiger partial charge in [0.2, 0.25) is 5.91 Å². The van der Waals surface area contributed by atoms with Crippen molar-refractivity contribution in [2.24, 2.45) is 4.99 Å². The van der Waals surface area contributed by atoms with Crippen LogP contribution in [-0.2, 0) is 20.9 Å². The quantitative estimate of drug-likeness (QED) is 0.486. The van der Waals surface area contributed by atoms with Crippen LogP contribution >= 0.6 is 11.8 Å². The van der Waals surface area contributed by atoms with E-state index >= 15 is 0 Å². The molecule has 0 aliphatic carbocycles. The molecular weight excluding hydrogens is 484 g/mol. The van der Waals surface area contributed by atoms with E-state index in [1.165, 1.54) is 11.8 Å². The highest BCUT2D eigenvalue weighted by Gasteiger charge is 2.41. The number of amidine groups is 1. The van der Waals surface area contributed by atoms with E-state index in [2.05, 4.69) is 23.5 Å². The van der Waals surface area contributed by atoms with Crippen molar-refractivity contribution in [2.45, 2.75) is 39.8 Å². The average molecular weight is 519 g/mol. The van der Waals surface area contributed by atoms with Crippen molar-refractivity contribution >= 4 is 28.8 Å². The van der Waals surface area contributed by atoms with E-state index in [9.17, 15) is 9.59 Å². The number of carbonyl (C=O) groups is 2. The van der Waals surface area contributed by atoms with E-state index < -0.39 is 12.0 Å². The fourth-order valence-electron chi connectivity index (χ4n) is 4.43. The minimum atomic E-state index is -0.438. The normalized spacial score (nSPS) is 16.9. The van der Waals surface area contributed by atoms with Gasteiger partial charge in [-0.1, -0.05) is 65.9 Å². The minimum absolute atomic E-state index is 0.0610. The number of likely N-dealkylation sites (N-methyl/N-ethyl adjacent to an activating group) is 1. The molecule has 1 N–H and O–H groups in total. The van der Waals surface area contributed by atoms with Crippen LogP contribution in [0.2, 0.25) is 0 Å². The van der Waals surface area contributed by atoms with Gasteiger partial charge in [0.05, 0.1) is 23.7 Å². The first-order chi connectivity index (χ1) is 17.7. The number of hydrogen-bond acceptors (Lipinski definition) is 7. The number of amides is 1. The highest BCUT2D eigenvalue weighted by molar-refractivity contribution is 8.16. The summed E-state index contributed by atoms with van der Waals surface area (Å²) in [5, 5.41) is 5.72. The molecule has 0 aromatic heterocycles. The minimum Gasteiger partial charge on any atom is -0.457 e. The summed E-state index contributed by atoms with van der Waals surface area (Å²) in [4.78, 5) is 35.2. The zero-order valence-corrected chi connectivity index (χ0v) is 22.9. The first-order valence-corrected chi connectivity index (χ1v) is 13.3. The van der Waals surface area contributed by atoms with Crippen LogP contribution in [0.3, 0.4) is 0 Å². The lowest BCUT2D eigenvalue weighted by Gasteiger charge is -2.37. The molecule has 1 amide bonds.